The zero-order valence-corrected chi connectivity index (χ0v) is 14.8. The first-order chi connectivity index (χ1) is 12.1. The van der Waals surface area contributed by atoms with Crippen LogP contribution in [-0.2, 0) is 10.0 Å². The fourth-order valence-electron chi connectivity index (χ4n) is 2.88. The molecule has 130 valence electrons. The number of carbonyl (C=O) groups is 1. The van der Waals surface area contributed by atoms with Gasteiger partial charge in [0.25, 0.3) is 0 Å². The number of hydrogen-bond acceptors (Lipinski definition) is 3. The summed E-state index contributed by atoms with van der Waals surface area (Å²) in [4.78, 5) is 12.5. The van der Waals surface area contributed by atoms with Crippen LogP contribution >= 0.6 is 0 Å². The summed E-state index contributed by atoms with van der Waals surface area (Å²) in [6.07, 6.45) is 6.14. The summed E-state index contributed by atoms with van der Waals surface area (Å²) in [5, 5.41) is 0. The van der Waals surface area contributed by atoms with Crippen LogP contribution in [0.5, 0.6) is 0 Å². The predicted molar refractivity (Wildman–Crippen MR) is 98.9 cm³/mol. The standard InChI is InChI=1S/C20H21NO3S/c22-20(14-9-17-7-3-1-4-8-17)18-10-12-19(13-11-18)25(23,24)21-15-5-2-6-16-21/h1,3-4,7-14H,2,5-6,15-16H2/b14-9+. The number of rotatable bonds is 5. The van der Waals surface area contributed by atoms with E-state index in [1.807, 2.05) is 30.3 Å². The Bertz CT molecular complexity index is 850. The molecule has 0 aromatic heterocycles. The summed E-state index contributed by atoms with van der Waals surface area (Å²) in [6.45, 7) is 1.14. The van der Waals surface area contributed by atoms with E-state index in [0.717, 1.165) is 24.8 Å². The van der Waals surface area contributed by atoms with Crippen LogP contribution in [0.25, 0.3) is 6.08 Å². The van der Waals surface area contributed by atoms with Gasteiger partial charge in [0.1, 0.15) is 0 Å². The Kier molecular flexibility index (Phi) is 5.46. The van der Waals surface area contributed by atoms with E-state index in [9.17, 15) is 13.2 Å². The van der Waals surface area contributed by atoms with Crippen molar-refractivity contribution in [1.82, 2.24) is 4.31 Å². The normalized spacial score (nSPS) is 16.2. The molecule has 0 bridgehead atoms. The van der Waals surface area contributed by atoms with E-state index in [1.54, 1.807) is 18.2 Å². The van der Waals surface area contributed by atoms with Gasteiger partial charge in [-0.25, -0.2) is 8.42 Å². The van der Waals surface area contributed by atoms with Crippen LogP contribution in [0.2, 0.25) is 0 Å². The van der Waals surface area contributed by atoms with Gasteiger partial charge in [0.15, 0.2) is 5.78 Å². The molecule has 5 heteroatoms. The first-order valence-corrected chi connectivity index (χ1v) is 9.89. The second-order valence-corrected chi connectivity index (χ2v) is 8.04. The van der Waals surface area contributed by atoms with Crippen LogP contribution in [0, 0.1) is 0 Å². The number of hydrogen-bond donors (Lipinski definition) is 0. The molecule has 1 heterocycles. The van der Waals surface area contributed by atoms with Gasteiger partial charge in [-0.2, -0.15) is 4.31 Å². The van der Waals surface area contributed by atoms with Crippen molar-refractivity contribution in [1.29, 1.82) is 0 Å². The van der Waals surface area contributed by atoms with Gasteiger partial charge in [-0.3, -0.25) is 4.79 Å². The summed E-state index contributed by atoms with van der Waals surface area (Å²) in [6, 6.07) is 15.8. The lowest BCUT2D eigenvalue weighted by Crippen LogP contribution is -2.35. The third-order valence-electron chi connectivity index (χ3n) is 4.32. The maximum Gasteiger partial charge on any atom is 0.243 e. The first kappa shape index (κ1) is 17.6. The highest BCUT2D eigenvalue weighted by Gasteiger charge is 2.25. The van der Waals surface area contributed by atoms with E-state index >= 15 is 0 Å². The molecular weight excluding hydrogens is 334 g/mol. The Morgan fingerprint density at radius 2 is 1.52 bits per heavy atom. The molecule has 1 aliphatic rings. The lowest BCUT2D eigenvalue weighted by Gasteiger charge is -2.25. The van der Waals surface area contributed by atoms with Gasteiger partial charge in [-0.15, -0.1) is 0 Å². The van der Waals surface area contributed by atoms with Gasteiger partial charge < -0.3 is 0 Å². The summed E-state index contributed by atoms with van der Waals surface area (Å²) < 4.78 is 26.7. The molecule has 0 amide bonds. The van der Waals surface area contributed by atoms with Crippen LogP contribution in [0.1, 0.15) is 35.2 Å². The van der Waals surface area contributed by atoms with Crippen LogP contribution in [0.4, 0.5) is 0 Å². The highest BCUT2D eigenvalue weighted by atomic mass is 32.2. The van der Waals surface area contributed by atoms with Crippen molar-refractivity contribution in [3.05, 3.63) is 71.8 Å². The molecular formula is C20H21NO3S. The lowest BCUT2D eigenvalue weighted by molar-refractivity contribution is 0.104. The maximum absolute atomic E-state index is 12.6. The van der Waals surface area contributed by atoms with Crippen molar-refractivity contribution in [3.8, 4) is 0 Å². The van der Waals surface area contributed by atoms with E-state index in [-0.39, 0.29) is 10.7 Å². The molecule has 1 aliphatic heterocycles. The fraction of sp³-hybridized carbons (Fsp3) is 0.250. The minimum Gasteiger partial charge on any atom is -0.289 e. The molecule has 0 radical (unpaired) electrons. The molecule has 1 fully saturated rings. The quantitative estimate of drug-likeness (QED) is 0.606. The summed E-state index contributed by atoms with van der Waals surface area (Å²) in [5.41, 5.74) is 1.42. The van der Waals surface area contributed by atoms with Crippen LogP contribution in [0.15, 0.2) is 65.6 Å². The Hall–Kier alpha value is -2.24. The molecule has 3 rings (SSSR count). The van der Waals surface area contributed by atoms with Crippen molar-refractivity contribution in [2.24, 2.45) is 0 Å². The zero-order chi connectivity index (χ0) is 17.7. The number of benzene rings is 2. The van der Waals surface area contributed by atoms with E-state index in [0.29, 0.717) is 18.7 Å². The molecule has 0 saturated carbocycles. The zero-order valence-electron chi connectivity index (χ0n) is 14.0. The number of ketones is 1. The topological polar surface area (TPSA) is 54.5 Å². The van der Waals surface area contributed by atoms with Gasteiger partial charge in [0.05, 0.1) is 4.90 Å². The molecule has 0 atom stereocenters. The van der Waals surface area contributed by atoms with Gasteiger partial charge in [-0.05, 0) is 48.7 Å². The van der Waals surface area contributed by atoms with Crippen molar-refractivity contribution >= 4 is 21.9 Å². The third kappa shape index (κ3) is 4.24. The summed E-state index contributed by atoms with van der Waals surface area (Å²) in [7, 11) is -3.46. The maximum atomic E-state index is 12.6. The van der Waals surface area contributed by atoms with Crippen molar-refractivity contribution < 1.29 is 13.2 Å². The monoisotopic (exact) mass is 355 g/mol. The minimum absolute atomic E-state index is 0.147. The van der Waals surface area contributed by atoms with Gasteiger partial charge >= 0.3 is 0 Å². The number of allylic oxidation sites excluding steroid dienone is 1. The van der Waals surface area contributed by atoms with Crippen molar-refractivity contribution in [2.75, 3.05) is 13.1 Å². The van der Waals surface area contributed by atoms with Gasteiger partial charge in [-0.1, -0.05) is 42.8 Å². The minimum atomic E-state index is -3.46. The third-order valence-corrected chi connectivity index (χ3v) is 6.23. The van der Waals surface area contributed by atoms with Crippen molar-refractivity contribution in [2.45, 2.75) is 24.2 Å². The molecule has 25 heavy (non-hydrogen) atoms. The predicted octanol–water partition coefficient (Wildman–Crippen LogP) is 3.76. The highest BCUT2D eigenvalue weighted by molar-refractivity contribution is 7.89. The largest absolute Gasteiger partial charge is 0.289 e. The smallest absolute Gasteiger partial charge is 0.243 e. The summed E-state index contributed by atoms with van der Waals surface area (Å²) >= 11 is 0. The van der Waals surface area contributed by atoms with Crippen molar-refractivity contribution in [3.63, 3.8) is 0 Å². The van der Waals surface area contributed by atoms with Gasteiger partial charge in [0, 0.05) is 18.7 Å². The molecule has 4 nitrogen and oxygen atoms in total. The highest BCUT2D eigenvalue weighted by Crippen LogP contribution is 2.21. The Labute approximate surface area is 148 Å². The molecule has 0 spiro atoms. The fourth-order valence-corrected chi connectivity index (χ4v) is 4.39. The second-order valence-electron chi connectivity index (χ2n) is 6.10. The Morgan fingerprint density at radius 3 is 2.16 bits per heavy atom. The van der Waals surface area contributed by atoms with E-state index in [1.165, 1.54) is 22.5 Å². The molecule has 0 unspecified atom stereocenters. The number of sulfonamides is 1. The lowest BCUT2D eigenvalue weighted by atomic mass is 10.1. The summed E-state index contributed by atoms with van der Waals surface area (Å²) in [5.74, 6) is -0.147. The molecule has 0 N–H and O–H groups in total. The average Bonchev–Trinajstić information content (AvgIpc) is 2.68. The van der Waals surface area contributed by atoms with E-state index in [2.05, 4.69) is 0 Å². The second kappa shape index (κ2) is 7.76. The van der Waals surface area contributed by atoms with Crippen LogP contribution in [0.3, 0.4) is 0 Å². The van der Waals surface area contributed by atoms with Crippen LogP contribution in [-0.4, -0.2) is 31.6 Å². The number of nitrogens with zero attached hydrogens (tertiary/aromatic N) is 1. The van der Waals surface area contributed by atoms with E-state index < -0.39 is 10.0 Å². The number of carbonyl (C=O) groups excluding carboxylic acids is 1. The average molecular weight is 355 g/mol. The molecule has 2 aromatic rings. The van der Waals surface area contributed by atoms with Gasteiger partial charge in [0.2, 0.25) is 10.0 Å². The SMILES string of the molecule is O=C(/C=C/c1ccccc1)c1ccc(S(=O)(=O)N2CCCCC2)cc1. The molecule has 0 aliphatic carbocycles. The molecule has 2 aromatic carbocycles. The molecule has 1 saturated heterocycles. The first-order valence-electron chi connectivity index (χ1n) is 8.45. The van der Waals surface area contributed by atoms with Crippen LogP contribution < -0.4 is 0 Å². The number of piperidine rings is 1. The Balaban J connectivity index is 1.73. The van der Waals surface area contributed by atoms with E-state index in [4.69, 9.17) is 0 Å². The Morgan fingerprint density at radius 1 is 0.880 bits per heavy atom.